The number of benzene rings is 1. The van der Waals surface area contributed by atoms with Gasteiger partial charge in [0.1, 0.15) is 6.07 Å². The van der Waals surface area contributed by atoms with E-state index < -0.39 is 11.3 Å². The van der Waals surface area contributed by atoms with Gasteiger partial charge in [-0.25, -0.2) is 0 Å². The molecule has 1 aromatic rings. The normalized spacial score (nSPS) is 22.4. The molecule has 0 unspecified atom stereocenters. The van der Waals surface area contributed by atoms with E-state index >= 15 is 0 Å². The van der Waals surface area contributed by atoms with Crippen molar-refractivity contribution in [3.63, 3.8) is 0 Å². The van der Waals surface area contributed by atoms with Crippen molar-refractivity contribution in [1.29, 1.82) is 15.8 Å². The predicted molar refractivity (Wildman–Crippen MR) is 106 cm³/mol. The highest BCUT2D eigenvalue weighted by molar-refractivity contribution is 5.60. The Kier molecular flexibility index (Phi) is 5.78. The Morgan fingerprint density at radius 2 is 1.83 bits per heavy atom. The highest BCUT2D eigenvalue weighted by Gasteiger charge is 2.54. The number of ether oxygens (including phenoxy) is 2. The summed E-state index contributed by atoms with van der Waals surface area (Å²) in [6.07, 6.45) is 1.92. The summed E-state index contributed by atoms with van der Waals surface area (Å²) in [6, 6.07) is 11.8. The van der Waals surface area contributed by atoms with Gasteiger partial charge in [-0.3, -0.25) is 0 Å². The Labute approximate surface area is 170 Å². The number of hydrogen-bond donors (Lipinski definition) is 2. The molecular formula is C22H23N5O2. The van der Waals surface area contributed by atoms with E-state index in [-0.39, 0.29) is 17.2 Å². The molecule has 1 aromatic carbocycles. The Morgan fingerprint density at radius 1 is 1.14 bits per heavy atom. The molecule has 29 heavy (non-hydrogen) atoms. The summed E-state index contributed by atoms with van der Waals surface area (Å²) in [5.74, 6) is 0.368. The van der Waals surface area contributed by atoms with Crippen LogP contribution < -0.4 is 20.5 Å². The fourth-order valence-electron chi connectivity index (χ4n) is 4.24. The summed E-state index contributed by atoms with van der Waals surface area (Å²) < 4.78 is 11.4. The smallest absolute Gasteiger partial charge is 0.191 e. The Morgan fingerprint density at radius 3 is 2.45 bits per heavy atom. The molecule has 7 heteroatoms. The summed E-state index contributed by atoms with van der Waals surface area (Å²) in [4.78, 5) is 0. The standard InChI is InChI=1S/C22H23N5O2/c1-3-28-18-6-5-14(9-19(18)29-4-2)20-17-11-27-8-7-15(17)16(10-23)21(26)22(20,12-24)13-25/h5-7,9,17,20,27H,3-4,8,11,26H2,1-2H3/t17-,20+/m0/s1. The third-order valence-corrected chi connectivity index (χ3v) is 5.47. The van der Waals surface area contributed by atoms with Gasteiger partial charge in [0.15, 0.2) is 16.9 Å². The second-order valence-corrected chi connectivity index (χ2v) is 6.91. The number of nitriles is 3. The fourth-order valence-corrected chi connectivity index (χ4v) is 4.24. The van der Waals surface area contributed by atoms with Crippen LogP contribution in [0.5, 0.6) is 11.5 Å². The van der Waals surface area contributed by atoms with Gasteiger partial charge in [0, 0.05) is 24.9 Å². The van der Waals surface area contributed by atoms with E-state index in [0.29, 0.717) is 37.8 Å². The number of nitrogens with one attached hydrogen (secondary N) is 1. The predicted octanol–water partition coefficient (Wildman–Crippen LogP) is 2.50. The van der Waals surface area contributed by atoms with E-state index in [2.05, 4.69) is 23.5 Å². The minimum absolute atomic E-state index is 0.0197. The molecule has 2 aliphatic rings. The SMILES string of the molecule is CCOc1ccc([C@@H]2[C@H]3CNCC=C3C(C#N)=C(N)C2(C#N)C#N)cc1OCC. The molecule has 7 nitrogen and oxygen atoms in total. The van der Waals surface area contributed by atoms with Crippen LogP contribution in [-0.2, 0) is 0 Å². The Hall–Kier alpha value is -3.47. The first-order valence-electron chi connectivity index (χ1n) is 9.61. The van der Waals surface area contributed by atoms with Gasteiger partial charge in [0.2, 0.25) is 0 Å². The van der Waals surface area contributed by atoms with Gasteiger partial charge >= 0.3 is 0 Å². The number of rotatable bonds is 5. The molecule has 148 valence electrons. The zero-order valence-electron chi connectivity index (χ0n) is 16.5. The summed E-state index contributed by atoms with van der Waals surface area (Å²) in [5, 5.41) is 33.1. The maximum Gasteiger partial charge on any atom is 0.191 e. The second-order valence-electron chi connectivity index (χ2n) is 6.91. The molecule has 2 atom stereocenters. The topological polar surface area (TPSA) is 128 Å². The highest BCUT2D eigenvalue weighted by Crippen LogP contribution is 2.54. The van der Waals surface area contributed by atoms with Crippen molar-refractivity contribution in [2.24, 2.45) is 17.1 Å². The maximum absolute atomic E-state index is 10.1. The first-order valence-corrected chi connectivity index (χ1v) is 9.61. The van der Waals surface area contributed by atoms with Crippen molar-refractivity contribution >= 4 is 0 Å². The van der Waals surface area contributed by atoms with Gasteiger partial charge in [0.25, 0.3) is 0 Å². The van der Waals surface area contributed by atoms with Gasteiger partial charge in [0.05, 0.1) is 36.6 Å². The van der Waals surface area contributed by atoms with Crippen LogP contribution in [0.1, 0.15) is 25.3 Å². The first kappa shape index (κ1) is 20.3. The van der Waals surface area contributed by atoms with Crippen LogP contribution in [0.3, 0.4) is 0 Å². The molecule has 0 spiro atoms. The minimum Gasteiger partial charge on any atom is -0.490 e. The third kappa shape index (κ3) is 3.18. The molecule has 0 saturated heterocycles. The van der Waals surface area contributed by atoms with Gasteiger partial charge in [-0.15, -0.1) is 0 Å². The van der Waals surface area contributed by atoms with Gasteiger partial charge in [-0.1, -0.05) is 12.1 Å². The lowest BCUT2D eigenvalue weighted by atomic mass is 9.58. The molecule has 0 fully saturated rings. The number of allylic oxidation sites excluding steroid dienone is 2. The average Bonchev–Trinajstić information content (AvgIpc) is 2.75. The zero-order valence-corrected chi connectivity index (χ0v) is 16.5. The molecule has 0 bridgehead atoms. The molecule has 1 aliphatic heterocycles. The van der Waals surface area contributed by atoms with Crippen LogP contribution >= 0.6 is 0 Å². The maximum atomic E-state index is 10.1. The minimum atomic E-state index is -1.65. The van der Waals surface area contributed by atoms with E-state index in [0.717, 1.165) is 11.1 Å². The molecule has 0 aromatic heterocycles. The zero-order chi connectivity index (χ0) is 21.0. The Bertz CT molecular complexity index is 976. The lowest BCUT2D eigenvalue weighted by Gasteiger charge is -2.43. The van der Waals surface area contributed by atoms with Crippen LogP contribution in [0.15, 0.2) is 41.1 Å². The number of nitrogens with two attached hydrogens (primary N) is 1. The van der Waals surface area contributed by atoms with E-state index in [9.17, 15) is 15.8 Å². The largest absolute Gasteiger partial charge is 0.490 e. The third-order valence-electron chi connectivity index (χ3n) is 5.47. The van der Waals surface area contributed by atoms with Crippen molar-refractivity contribution in [2.45, 2.75) is 19.8 Å². The number of nitrogens with zero attached hydrogens (tertiary/aromatic N) is 3. The van der Waals surface area contributed by atoms with Crippen LogP contribution in [-0.4, -0.2) is 26.3 Å². The van der Waals surface area contributed by atoms with Crippen LogP contribution in [0.2, 0.25) is 0 Å². The van der Waals surface area contributed by atoms with E-state index in [1.54, 1.807) is 6.07 Å². The summed E-state index contributed by atoms with van der Waals surface area (Å²) in [6.45, 7) is 5.86. The van der Waals surface area contributed by atoms with Crippen LogP contribution in [0, 0.1) is 45.3 Å². The highest BCUT2D eigenvalue weighted by atomic mass is 16.5. The van der Waals surface area contributed by atoms with Crippen molar-refractivity contribution in [3.05, 3.63) is 46.7 Å². The molecule has 3 rings (SSSR count). The van der Waals surface area contributed by atoms with Gasteiger partial charge in [-0.05, 0) is 37.1 Å². The summed E-state index contributed by atoms with van der Waals surface area (Å²) >= 11 is 0. The Balaban J connectivity index is 2.25. The summed E-state index contributed by atoms with van der Waals surface area (Å²) in [5.41, 5.74) is 6.45. The molecule has 0 saturated carbocycles. The lowest BCUT2D eigenvalue weighted by molar-refractivity contribution is 0.285. The monoisotopic (exact) mass is 389 g/mol. The first-order chi connectivity index (χ1) is 14.1. The fraction of sp³-hybridized carbons (Fsp3) is 0.409. The molecular weight excluding hydrogens is 366 g/mol. The molecule has 1 heterocycles. The number of hydrogen-bond acceptors (Lipinski definition) is 7. The molecule has 0 radical (unpaired) electrons. The molecule has 1 aliphatic carbocycles. The number of fused-ring (bicyclic) bond motifs is 1. The van der Waals surface area contributed by atoms with Gasteiger partial charge in [-0.2, -0.15) is 15.8 Å². The quantitative estimate of drug-likeness (QED) is 0.791. The van der Waals surface area contributed by atoms with Crippen molar-refractivity contribution < 1.29 is 9.47 Å². The van der Waals surface area contributed by atoms with Crippen molar-refractivity contribution in [3.8, 4) is 29.7 Å². The van der Waals surface area contributed by atoms with Crippen molar-refractivity contribution in [2.75, 3.05) is 26.3 Å². The van der Waals surface area contributed by atoms with E-state index in [4.69, 9.17) is 15.2 Å². The van der Waals surface area contributed by atoms with Crippen molar-refractivity contribution in [1.82, 2.24) is 5.32 Å². The lowest BCUT2D eigenvalue weighted by Crippen LogP contribution is -2.46. The summed E-state index contributed by atoms with van der Waals surface area (Å²) in [7, 11) is 0. The molecule has 3 N–H and O–H groups in total. The van der Waals surface area contributed by atoms with Crippen LogP contribution in [0.25, 0.3) is 0 Å². The van der Waals surface area contributed by atoms with Crippen LogP contribution in [0.4, 0.5) is 0 Å². The van der Waals surface area contributed by atoms with E-state index in [1.807, 2.05) is 32.1 Å². The average molecular weight is 389 g/mol. The second kappa shape index (κ2) is 8.27. The van der Waals surface area contributed by atoms with E-state index in [1.165, 1.54) is 0 Å². The molecule has 0 amide bonds. The van der Waals surface area contributed by atoms with Gasteiger partial charge < -0.3 is 20.5 Å².